The number of nitrogens with zero attached hydrogens (tertiary/aromatic N) is 2. The highest BCUT2D eigenvalue weighted by Crippen LogP contribution is 2.20. The van der Waals surface area contributed by atoms with Gasteiger partial charge in [0.25, 0.3) is 0 Å². The van der Waals surface area contributed by atoms with Crippen LogP contribution in [-0.2, 0) is 11.8 Å². The molecule has 1 aromatic rings. The monoisotopic (exact) mass is 238 g/mol. The van der Waals surface area contributed by atoms with E-state index in [1.54, 1.807) is 7.05 Å². The number of amides is 1. The smallest absolute Gasteiger partial charge is 0.221 e. The molecule has 1 rings (SSSR count). The van der Waals surface area contributed by atoms with Crippen molar-refractivity contribution in [2.75, 3.05) is 13.6 Å². The van der Waals surface area contributed by atoms with Gasteiger partial charge in [-0.25, -0.2) is 0 Å². The molecule has 0 fully saturated rings. The second-order valence-electron chi connectivity index (χ2n) is 4.31. The topological polar surface area (TPSA) is 59.0 Å². The van der Waals surface area contributed by atoms with Crippen molar-refractivity contribution in [3.05, 3.63) is 17.0 Å². The standard InChI is InChI=1S/C12H22N4O/c1-8(14-7-6-11(17)13-4)12-9(2)15-16(5)10(12)3/h8,14H,6-7H2,1-5H3,(H,13,17). The van der Waals surface area contributed by atoms with E-state index in [1.165, 1.54) is 11.3 Å². The minimum absolute atomic E-state index is 0.0596. The van der Waals surface area contributed by atoms with Gasteiger partial charge in [0.15, 0.2) is 0 Å². The van der Waals surface area contributed by atoms with Crippen LogP contribution in [0.4, 0.5) is 0 Å². The van der Waals surface area contributed by atoms with Gasteiger partial charge in [0.2, 0.25) is 5.91 Å². The predicted octanol–water partition coefficient (Wildman–Crippen LogP) is 0.824. The molecule has 96 valence electrons. The van der Waals surface area contributed by atoms with E-state index in [0.29, 0.717) is 13.0 Å². The van der Waals surface area contributed by atoms with Crippen molar-refractivity contribution in [1.29, 1.82) is 0 Å². The molecule has 5 nitrogen and oxygen atoms in total. The lowest BCUT2D eigenvalue weighted by molar-refractivity contribution is -0.120. The quantitative estimate of drug-likeness (QED) is 0.798. The number of aromatic nitrogens is 2. The molecule has 1 aromatic heterocycles. The SMILES string of the molecule is CNC(=O)CCNC(C)c1c(C)nn(C)c1C. The van der Waals surface area contributed by atoms with Gasteiger partial charge in [0, 0.05) is 44.4 Å². The Morgan fingerprint density at radius 1 is 1.47 bits per heavy atom. The normalized spacial score (nSPS) is 12.5. The van der Waals surface area contributed by atoms with Crippen LogP contribution in [0.2, 0.25) is 0 Å². The average Bonchev–Trinajstić information content (AvgIpc) is 2.52. The first-order chi connectivity index (χ1) is 7.97. The fourth-order valence-corrected chi connectivity index (χ4v) is 2.05. The van der Waals surface area contributed by atoms with Gasteiger partial charge in [0.1, 0.15) is 0 Å². The molecule has 0 saturated heterocycles. The summed E-state index contributed by atoms with van der Waals surface area (Å²) in [5, 5.41) is 10.3. The molecule has 0 spiro atoms. The van der Waals surface area contributed by atoms with E-state index in [-0.39, 0.29) is 11.9 Å². The summed E-state index contributed by atoms with van der Waals surface area (Å²) >= 11 is 0. The van der Waals surface area contributed by atoms with Crippen LogP contribution in [0.25, 0.3) is 0 Å². The maximum Gasteiger partial charge on any atom is 0.221 e. The Morgan fingerprint density at radius 3 is 2.59 bits per heavy atom. The number of nitrogens with one attached hydrogen (secondary N) is 2. The first kappa shape index (κ1) is 13.7. The Bertz CT molecular complexity index is 397. The Morgan fingerprint density at radius 2 is 2.12 bits per heavy atom. The molecule has 1 unspecified atom stereocenters. The minimum Gasteiger partial charge on any atom is -0.359 e. The van der Waals surface area contributed by atoms with Gasteiger partial charge >= 0.3 is 0 Å². The summed E-state index contributed by atoms with van der Waals surface area (Å²) in [6.45, 7) is 6.85. The fraction of sp³-hybridized carbons (Fsp3) is 0.667. The van der Waals surface area contributed by atoms with E-state index in [1.807, 2.05) is 18.7 Å². The summed E-state index contributed by atoms with van der Waals surface area (Å²) in [7, 11) is 3.60. The molecule has 1 atom stereocenters. The number of aryl methyl sites for hydroxylation is 2. The number of hydrogen-bond acceptors (Lipinski definition) is 3. The zero-order chi connectivity index (χ0) is 13.0. The summed E-state index contributed by atoms with van der Waals surface area (Å²) in [6.07, 6.45) is 0.499. The molecule has 0 aromatic carbocycles. The second-order valence-corrected chi connectivity index (χ2v) is 4.31. The van der Waals surface area contributed by atoms with Gasteiger partial charge in [-0.15, -0.1) is 0 Å². The van der Waals surface area contributed by atoms with Crippen molar-refractivity contribution < 1.29 is 4.79 Å². The van der Waals surface area contributed by atoms with Crippen LogP contribution in [0.5, 0.6) is 0 Å². The van der Waals surface area contributed by atoms with Gasteiger partial charge in [-0.05, 0) is 20.8 Å². The largest absolute Gasteiger partial charge is 0.359 e. The molecule has 2 N–H and O–H groups in total. The van der Waals surface area contributed by atoms with Gasteiger partial charge in [-0.1, -0.05) is 0 Å². The molecule has 5 heteroatoms. The zero-order valence-corrected chi connectivity index (χ0v) is 11.3. The van der Waals surface area contributed by atoms with Crippen LogP contribution in [0.1, 0.15) is 36.3 Å². The van der Waals surface area contributed by atoms with E-state index >= 15 is 0 Å². The first-order valence-electron chi connectivity index (χ1n) is 5.91. The summed E-state index contributed by atoms with van der Waals surface area (Å²) in [5.41, 5.74) is 3.44. The third kappa shape index (κ3) is 3.30. The van der Waals surface area contributed by atoms with Crippen molar-refractivity contribution in [3.63, 3.8) is 0 Å². The van der Waals surface area contributed by atoms with Gasteiger partial charge in [-0.3, -0.25) is 9.48 Å². The molecule has 0 aliphatic rings. The van der Waals surface area contributed by atoms with E-state index < -0.39 is 0 Å². The van der Waals surface area contributed by atoms with Gasteiger partial charge in [0.05, 0.1) is 5.69 Å². The lowest BCUT2D eigenvalue weighted by Crippen LogP contribution is -2.27. The number of carbonyl (C=O) groups excluding carboxylic acids is 1. The molecule has 1 amide bonds. The third-order valence-corrected chi connectivity index (χ3v) is 3.08. The van der Waals surface area contributed by atoms with Crippen molar-refractivity contribution in [2.45, 2.75) is 33.2 Å². The molecule has 0 aliphatic heterocycles. The molecule has 17 heavy (non-hydrogen) atoms. The number of hydrogen-bond donors (Lipinski definition) is 2. The molecule has 0 bridgehead atoms. The second kappa shape index (κ2) is 5.82. The molecule has 1 heterocycles. The van der Waals surface area contributed by atoms with Crippen LogP contribution in [0, 0.1) is 13.8 Å². The highest BCUT2D eigenvalue weighted by Gasteiger charge is 2.15. The maximum absolute atomic E-state index is 11.1. The minimum atomic E-state index is 0.0596. The van der Waals surface area contributed by atoms with Gasteiger partial charge < -0.3 is 10.6 Å². The van der Waals surface area contributed by atoms with Crippen molar-refractivity contribution in [1.82, 2.24) is 20.4 Å². The molecule has 0 saturated carbocycles. The summed E-state index contributed by atoms with van der Waals surface area (Å²) in [5.74, 6) is 0.0596. The Kier molecular flexibility index (Phi) is 4.69. The van der Waals surface area contributed by atoms with E-state index in [2.05, 4.69) is 29.6 Å². The van der Waals surface area contributed by atoms with Crippen LogP contribution in [-0.4, -0.2) is 29.3 Å². The van der Waals surface area contributed by atoms with Gasteiger partial charge in [-0.2, -0.15) is 5.10 Å². The van der Waals surface area contributed by atoms with E-state index in [9.17, 15) is 4.79 Å². The third-order valence-electron chi connectivity index (χ3n) is 3.08. The summed E-state index contributed by atoms with van der Waals surface area (Å²) < 4.78 is 1.89. The predicted molar refractivity (Wildman–Crippen MR) is 67.8 cm³/mol. The Hall–Kier alpha value is -1.36. The van der Waals surface area contributed by atoms with Crippen LogP contribution >= 0.6 is 0 Å². The Balaban J connectivity index is 2.58. The summed E-state index contributed by atoms with van der Waals surface area (Å²) in [6, 6.07) is 0.216. The van der Waals surface area contributed by atoms with Crippen molar-refractivity contribution in [3.8, 4) is 0 Å². The average molecular weight is 238 g/mol. The lowest BCUT2D eigenvalue weighted by atomic mass is 10.1. The van der Waals surface area contributed by atoms with Crippen LogP contribution in [0.3, 0.4) is 0 Å². The van der Waals surface area contributed by atoms with Crippen LogP contribution < -0.4 is 10.6 Å². The maximum atomic E-state index is 11.1. The summed E-state index contributed by atoms with van der Waals surface area (Å²) in [4.78, 5) is 11.1. The van der Waals surface area contributed by atoms with E-state index in [0.717, 1.165) is 5.69 Å². The van der Waals surface area contributed by atoms with Crippen LogP contribution in [0.15, 0.2) is 0 Å². The lowest BCUT2D eigenvalue weighted by Gasteiger charge is -2.14. The highest BCUT2D eigenvalue weighted by atomic mass is 16.1. The zero-order valence-electron chi connectivity index (χ0n) is 11.3. The van der Waals surface area contributed by atoms with Crippen molar-refractivity contribution >= 4 is 5.91 Å². The number of rotatable bonds is 5. The molecular weight excluding hydrogens is 216 g/mol. The molecule has 0 aliphatic carbocycles. The Labute approximate surface area is 103 Å². The molecular formula is C12H22N4O. The van der Waals surface area contributed by atoms with Crippen molar-refractivity contribution in [2.24, 2.45) is 7.05 Å². The highest BCUT2D eigenvalue weighted by molar-refractivity contribution is 5.75. The molecule has 0 radical (unpaired) electrons. The fourth-order valence-electron chi connectivity index (χ4n) is 2.05. The number of carbonyl (C=O) groups is 1. The first-order valence-corrected chi connectivity index (χ1v) is 5.91. The van der Waals surface area contributed by atoms with E-state index in [4.69, 9.17) is 0 Å².